The van der Waals surface area contributed by atoms with Gasteiger partial charge in [0.15, 0.2) is 0 Å². The molecule has 0 aliphatic heterocycles. The second-order valence-corrected chi connectivity index (χ2v) is 4.28. The number of hydrogen-bond donors (Lipinski definition) is 1. The lowest BCUT2D eigenvalue weighted by molar-refractivity contribution is -0.137. The number of halogens is 3. The highest BCUT2D eigenvalue weighted by atomic mass is 19.4. The molecule has 2 rings (SSSR count). The van der Waals surface area contributed by atoms with Crippen molar-refractivity contribution in [3.8, 4) is 0 Å². The lowest BCUT2D eigenvalue weighted by Crippen LogP contribution is -2.10. The van der Waals surface area contributed by atoms with Crippen LogP contribution < -0.4 is 5.32 Å². The third kappa shape index (κ3) is 2.38. The van der Waals surface area contributed by atoms with Gasteiger partial charge in [-0.3, -0.25) is 0 Å². The van der Waals surface area contributed by atoms with Gasteiger partial charge in [-0.2, -0.15) is 13.2 Å². The summed E-state index contributed by atoms with van der Waals surface area (Å²) in [5.74, 6) is 0.795. The minimum absolute atomic E-state index is 0.301. The Kier molecular flexibility index (Phi) is 2.93. The standard InChI is InChI=1S/C12H14F3N/c1-16-7-9-6-11(9)8-3-2-4-10(5-8)12(13,14)15/h2-5,9,11,16H,6-7H2,1H3/t9-,11-/m1/s1. The molecule has 1 nitrogen and oxygen atoms in total. The predicted octanol–water partition coefficient (Wildman–Crippen LogP) is 3.03. The summed E-state index contributed by atoms with van der Waals surface area (Å²) in [6, 6.07) is 5.68. The second-order valence-electron chi connectivity index (χ2n) is 4.28. The highest BCUT2D eigenvalue weighted by molar-refractivity contribution is 5.32. The van der Waals surface area contributed by atoms with E-state index in [-0.39, 0.29) is 0 Å². The van der Waals surface area contributed by atoms with E-state index in [1.54, 1.807) is 6.07 Å². The summed E-state index contributed by atoms with van der Waals surface area (Å²) in [4.78, 5) is 0. The Morgan fingerprint density at radius 1 is 1.38 bits per heavy atom. The van der Waals surface area contributed by atoms with Crippen molar-refractivity contribution in [1.29, 1.82) is 0 Å². The molecule has 88 valence electrons. The van der Waals surface area contributed by atoms with Gasteiger partial charge in [-0.15, -0.1) is 0 Å². The second kappa shape index (κ2) is 4.09. The minimum atomic E-state index is -4.23. The van der Waals surface area contributed by atoms with E-state index in [0.29, 0.717) is 11.8 Å². The van der Waals surface area contributed by atoms with Gasteiger partial charge >= 0.3 is 6.18 Å². The zero-order valence-corrected chi connectivity index (χ0v) is 9.01. The molecule has 1 aromatic rings. The number of rotatable bonds is 3. The van der Waals surface area contributed by atoms with Crippen LogP contribution in [0.15, 0.2) is 24.3 Å². The van der Waals surface area contributed by atoms with Crippen molar-refractivity contribution >= 4 is 0 Å². The summed E-state index contributed by atoms with van der Waals surface area (Å²) < 4.78 is 37.5. The SMILES string of the molecule is CNC[C@H]1C[C@@H]1c1cccc(C(F)(F)F)c1. The Labute approximate surface area is 92.7 Å². The maximum atomic E-state index is 12.5. The van der Waals surface area contributed by atoms with Crippen molar-refractivity contribution in [2.75, 3.05) is 13.6 Å². The maximum absolute atomic E-state index is 12.5. The van der Waals surface area contributed by atoms with Crippen LogP contribution in [-0.2, 0) is 6.18 Å². The highest BCUT2D eigenvalue weighted by Crippen LogP contribution is 2.47. The Morgan fingerprint density at radius 2 is 2.12 bits per heavy atom. The largest absolute Gasteiger partial charge is 0.416 e. The summed E-state index contributed by atoms with van der Waals surface area (Å²) in [6.45, 7) is 0.876. The lowest BCUT2D eigenvalue weighted by atomic mass is 10.1. The number of benzene rings is 1. The third-order valence-corrected chi connectivity index (χ3v) is 3.03. The Balaban J connectivity index is 2.12. The van der Waals surface area contributed by atoms with Gasteiger partial charge in [0.1, 0.15) is 0 Å². The lowest BCUT2D eigenvalue weighted by Gasteiger charge is -2.08. The normalized spacial score (nSPS) is 24.5. The fraction of sp³-hybridized carbons (Fsp3) is 0.500. The molecule has 16 heavy (non-hydrogen) atoms. The van der Waals surface area contributed by atoms with Crippen LogP contribution >= 0.6 is 0 Å². The Hall–Kier alpha value is -1.03. The molecule has 0 heterocycles. The average molecular weight is 229 g/mol. The van der Waals surface area contributed by atoms with E-state index in [1.807, 2.05) is 7.05 Å². The predicted molar refractivity (Wildman–Crippen MR) is 56.2 cm³/mol. The zero-order chi connectivity index (χ0) is 11.8. The van der Waals surface area contributed by atoms with Crippen LogP contribution in [0.2, 0.25) is 0 Å². The molecule has 0 saturated heterocycles. The summed E-state index contributed by atoms with van der Waals surface area (Å²) in [5, 5.41) is 3.05. The smallest absolute Gasteiger partial charge is 0.319 e. The van der Waals surface area contributed by atoms with Gasteiger partial charge in [-0.05, 0) is 43.5 Å². The molecule has 1 aromatic carbocycles. The monoisotopic (exact) mass is 229 g/mol. The van der Waals surface area contributed by atoms with Crippen molar-refractivity contribution in [3.05, 3.63) is 35.4 Å². The molecule has 0 bridgehead atoms. The molecule has 1 N–H and O–H groups in total. The minimum Gasteiger partial charge on any atom is -0.319 e. The third-order valence-electron chi connectivity index (χ3n) is 3.03. The van der Waals surface area contributed by atoms with Crippen molar-refractivity contribution in [3.63, 3.8) is 0 Å². The number of alkyl halides is 3. The fourth-order valence-corrected chi connectivity index (χ4v) is 2.09. The molecule has 0 unspecified atom stereocenters. The van der Waals surface area contributed by atoms with Crippen LogP contribution in [0, 0.1) is 5.92 Å². The molecule has 0 spiro atoms. The van der Waals surface area contributed by atoms with Gasteiger partial charge in [0.25, 0.3) is 0 Å². The maximum Gasteiger partial charge on any atom is 0.416 e. The molecule has 1 aliphatic carbocycles. The molecular weight excluding hydrogens is 215 g/mol. The first-order valence-electron chi connectivity index (χ1n) is 5.34. The van der Waals surface area contributed by atoms with E-state index < -0.39 is 11.7 Å². The van der Waals surface area contributed by atoms with Crippen LogP contribution in [0.1, 0.15) is 23.5 Å². The summed E-state index contributed by atoms with van der Waals surface area (Å²) >= 11 is 0. The first kappa shape index (κ1) is 11.5. The van der Waals surface area contributed by atoms with E-state index in [4.69, 9.17) is 0 Å². The molecule has 1 saturated carbocycles. The zero-order valence-electron chi connectivity index (χ0n) is 9.01. The van der Waals surface area contributed by atoms with Crippen molar-refractivity contribution in [1.82, 2.24) is 5.32 Å². The van der Waals surface area contributed by atoms with Gasteiger partial charge in [0.05, 0.1) is 5.56 Å². The van der Waals surface area contributed by atoms with E-state index in [2.05, 4.69) is 5.32 Å². The molecule has 0 aromatic heterocycles. The molecule has 1 aliphatic rings. The molecular formula is C12H14F3N. The Bertz CT molecular complexity index is 373. The summed E-state index contributed by atoms with van der Waals surface area (Å²) in [6.07, 6.45) is -3.24. The highest BCUT2D eigenvalue weighted by Gasteiger charge is 2.39. The van der Waals surface area contributed by atoms with Crippen LogP contribution in [0.4, 0.5) is 13.2 Å². The topological polar surface area (TPSA) is 12.0 Å². The summed E-state index contributed by atoms with van der Waals surface area (Å²) in [5.41, 5.74) is 0.273. The quantitative estimate of drug-likeness (QED) is 0.840. The van der Waals surface area contributed by atoms with Gasteiger partial charge in [-0.25, -0.2) is 0 Å². The molecule has 1 fully saturated rings. The van der Waals surface area contributed by atoms with E-state index in [9.17, 15) is 13.2 Å². The van der Waals surface area contributed by atoms with Gasteiger partial charge < -0.3 is 5.32 Å². The fourth-order valence-electron chi connectivity index (χ4n) is 2.09. The number of hydrogen-bond acceptors (Lipinski definition) is 1. The molecule has 0 radical (unpaired) electrons. The Morgan fingerprint density at radius 3 is 2.75 bits per heavy atom. The first-order chi connectivity index (χ1) is 7.52. The first-order valence-corrected chi connectivity index (χ1v) is 5.34. The van der Waals surface area contributed by atoms with Crippen molar-refractivity contribution < 1.29 is 13.2 Å². The number of nitrogens with one attached hydrogen (secondary N) is 1. The van der Waals surface area contributed by atoms with E-state index >= 15 is 0 Å². The molecule has 2 atom stereocenters. The van der Waals surface area contributed by atoms with Crippen LogP contribution in [0.3, 0.4) is 0 Å². The molecule has 4 heteroatoms. The van der Waals surface area contributed by atoms with E-state index in [0.717, 1.165) is 24.6 Å². The summed E-state index contributed by atoms with van der Waals surface area (Å²) in [7, 11) is 1.86. The van der Waals surface area contributed by atoms with E-state index in [1.165, 1.54) is 12.1 Å². The van der Waals surface area contributed by atoms with Gasteiger partial charge in [0, 0.05) is 0 Å². The van der Waals surface area contributed by atoms with Gasteiger partial charge in [-0.1, -0.05) is 18.2 Å². The van der Waals surface area contributed by atoms with Crippen LogP contribution in [0.25, 0.3) is 0 Å². The molecule has 0 amide bonds. The van der Waals surface area contributed by atoms with Crippen LogP contribution in [-0.4, -0.2) is 13.6 Å². The van der Waals surface area contributed by atoms with Crippen molar-refractivity contribution in [2.24, 2.45) is 5.92 Å². The van der Waals surface area contributed by atoms with Gasteiger partial charge in [0.2, 0.25) is 0 Å². The average Bonchev–Trinajstić information content (AvgIpc) is 2.97. The van der Waals surface area contributed by atoms with Crippen LogP contribution in [0.5, 0.6) is 0 Å². The van der Waals surface area contributed by atoms with Crippen molar-refractivity contribution in [2.45, 2.75) is 18.5 Å².